The first-order valence-electron chi connectivity index (χ1n) is 7.36. The van der Waals surface area contributed by atoms with Gasteiger partial charge < -0.3 is 19.2 Å². The van der Waals surface area contributed by atoms with Crippen LogP contribution in [0.5, 0.6) is 17.4 Å². The number of fused-ring (bicyclic) bond motifs is 1. The summed E-state index contributed by atoms with van der Waals surface area (Å²) >= 11 is 5.71. The van der Waals surface area contributed by atoms with Crippen LogP contribution in [0.25, 0.3) is 0 Å². The van der Waals surface area contributed by atoms with Crippen LogP contribution < -0.4 is 10.2 Å². The Morgan fingerprint density at radius 2 is 2.29 bits per heavy atom. The maximum atomic E-state index is 11.6. The number of hydrogen-bond acceptors (Lipinski definition) is 7. The van der Waals surface area contributed by atoms with Crippen molar-refractivity contribution in [2.45, 2.75) is 19.4 Å². The summed E-state index contributed by atoms with van der Waals surface area (Å²) in [6, 6.07) is 4.87. The number of carbonyl (C=O) groups is 1. The lowest BCUT2D eigenvalue weighted by atomic mass is 9.85. The van der Waals surface area contributed by atoms with E-state index in [4.69, 9.17) is 25.7 Å². The lowest BCUT2D eigenvalue weighted by Gasteiger charge is -2.13. The second kappa shape index (κ2) is 7.06. The Morgan fingerprint density at radius 1 is 1.46 bits per heavy atom. The normalized spacial score (nSPS) is 15.5. The number of ether oxygens (including phenoxy) is 2. The number of rotatable bonds is 5. The maximum absolute atomic E-state index is 11.6. The van der Waals surface area contributed by atoms with Gasteiger partial charge in [0.1, 0.15) is 0 Å². The van der Waals surface area contributed by atoms with Crippen molar-refractivity contribution in [3.05, 3.63) is 35.2 Å². The van der Waals surface area contributed by atoms with Crippen LogP contribution >= 0.6 is 11.6 Å². The van der Waals surface area contributed by atoms with Gasteiger partial charge in [0.2, 0.25) is 11.2 Å². The van der Waals surface area contributed by atoms with E-state index in [0.29, 0.717) is 12.1 Å². The average Bonchev–Trinajstić information content (AvgIpc) is 2.94. The summed E-state index contributed by atoms with van der Waals surface area (Å²) in [5.41, 5.74) is 1.33. The number of benzene rings is 1. The number of phenolic OH excluding ortho intramolecular Hbond substituents is 1. The molecule has 0 radical (unpaired) electrons. The lowest BCUT2D eigenvalue weighted by Crippen LogP contribution is -2.13. The second-order valence-electron chi connectivity index (χ2n) is 5.05. The van der Waals surface area contributed by atoms with E-state index in [1.165, 1.54) is 12.3 Å². The number of aromatic hydroxyl groups is 1. The van der Waals surface area contributed by atoms with Gasteiger partial charge >= 0.3 is 13.5 Å². The summed E-state index contributed by atoms with van der Waals surface area (Å²) < 4.78 is 16.1. The van der Waals surface area contributed by atoms with Gasteiger partial charge in [-0.1, -0.05) is 6.07 Å². The summed E-state index contributed by atoms with van der Waals surface area (Å²) in [7, 11) is 0.187. The van der Waals surface area contributed by atoms with Crippen LogP contribution in [0, 0.1) is 0 Å². The molecule has 0 saturated heterocycles. The quantitative estimate of drug-likeness (QED) is 0.499. The van der Waals surface area contributed by atoms with Crippen LogP contribution in [-0.4, -0.2) is 35.1 Å². The van der Waals surface area contributed by atoms with Crippen molar-refractivity contribution >= 4 is 30.5 Å². The number of phenols is 1. The fourth-order valence-electron chi connectivity index (χ4n) is 2.47. The zero-order valence-electron chi connectivity index (χ0n) is 12.9. The Hall–Kier alpha value is -2.32. The van der Waals surface area contributed by atoms with Crippen LogP contribution in [0.4, 0.5) is 0 Å². The van der Waals surface area contributed by atoms with Crippen molar-refractivity contribution in [1.29, 1.82) is 0 Å². The molecule has 2 heterocycles. The van der Waals surface area contributed by atoms with Crippen molar-refractivity contribution in [1.82, 2.24) is 9.97 Å². The smallest absolute Gasteiger partial charge is 0.313 e. The molecule has 1 atom stereocenters. The van der Waals surface area contributed by atoms with E-state index in [9.17, 15) is 9.90 Å². The standard InChI is InChI=1S/C15H14BClN2O5/c1-2-22-12(20)7-10-8-3-4-9(14(21)13(8)16-24-10)23-11-5-6-18-15(17)19-11/h3-6,10,16,21H,2,7H2,1H3. The Labute approximate surface area is 143 Å². The third-order valence-corrected chi connectivity index (χ3v) is 3.71. The monoisotopic (exact) mass is 348 g/mol. The maximum Gasteiger partial charge on any atom is 0.313 e. The summed E-state index contributed by atoms with van der Waals surface area (Å²) in [6.45, 7) is 2.06. The fourth-order valence-corrected chi connectivity index (χ4v) is 2.61. The summed E-state index contributed by atoms with van der Waals surface area (Å²) in [5, 5.41) is 10.4. The van der Waals surface area contributed by atoms with Gasteiger partial charge in [-0.15, -0.1) is 0 Å². The third-order valence-electron chi connectivity index (χ3n) is 3.53. The minimum atomic E-state index is -0.438. The SMILES string of the molecule is CCOC(=O)CC1OBc2c1ccc(Oc1ccnc(Cl)n1)c2O. The second-order valence-corrected chi connectivity index (χ2v) is 5.39. The summed E-state index contributed by atoms with van der Waals surface area (Å²) in [5.74, 6) is 0.0514. The fraction of sp³-hybridized carbons (Fsp3) is 0.267. The molecule has 124 valence electrons. The number of hydrogen-bond donors (Lipinski definition) is 1. The van der Waals surface area contributed by atoms with Crippen molar-refractivity contribution in [2.75, 3.05) is 6.61 Å². The molecule has 9 heteroatoms. The summed E-state index contributed by atoms with van der Waals surface area (Å²) in [6.07, 6.45) is 1.11. The molecule has 2 aromatic rings. The Balaban J connectivity index is 1.80. The molecule has 0 bridgehead atoms. The van der Waals surface area contributed by atoms with E-state index >= 15 is 0 Å². The number of nitrogens with zero attached hydrogens (tertiary/aromatic N) is 2. The van der Waals surface area contributed by atoms with E-state index in [1.807, 2.05) is 0 Å². The highest BCUT2D eigenvalue weighted by Gasteiger charge is 2.30. The molecule has 1 unspecified atom stereocenters. The van der Waals surface area contributed by atoms with Gasteiger partial charge in [0.05, 0.1) is 19.1 Å². The van der Waals surface area contributed by atoms with Crippen LogP contribution in [0.2, 0.25) is 5.28 Å². The molecule has 1 N–H and O–H groups in total. The van der Waals surface area contributed by atoms with E-state index in [1.54, 1.807) is 19.1 Å². The highest BCUT2D eigenvalue weighted by molar-refractivity contribution is 6.50. The predicted molar refractivity (Wildman–Crippen MR) is 87.1 cm³/mol. The molecule has 0 amide bonds. The van der Waals surface area contributed by atoms with Crippen LogP contribution in [0.1, 0.15) is 25.0 Å². The molecule has 0 aliphatic carbocycles. The lowest BCUT2D eigenvalue weighted by molar-refractivity contribution is -0.144. The number of aromatic nitrogens is 2. The van der Waals surface area contributed by atoms with Gasteiger partial charge in [-0.3, -0.25) is 4.79 Å². The minimum Gasteiger partial charge on any atom is -0.505 e. The van der Waals surface area contributed by atoms with Crippen molar-refractivity contribution in [3.8, 4) is 17.4 Å². The molecule has 0 saturated carbocycles. The first-order valence-corrected chi connectivity index (χ1v) is 7.74. The number of esters is 1. The number of halogens is 1. The Kier molecular flexibility index (Phi) is 4.87. The van der Waals surface area contributed by atoms with Crippen LogP contribution in [0.3, 0.4) is 0 Å². The summed E-state index contributed by atoms with van der Waals surface area (Å²) in [4.78, 5) is 19.3. The largest absolute Gasteiger partial charge is 0.505 e. The Bertz CT molecular complexity index is 774. The molecule has 0 spiro atoms. The molecular formula is C15H14BClN2O5. The van der Waals surface area contributed by atoms with E-state index in [2.05, 4.69) is 9.97 Å². The number of carbonyl (C=O) groups excluding carboxylic acids is 1. The Morgan fingerprint density at radius 3 is 3.04 bits per heavy atom. The third kappa shape index (κ3) is 3.44. The zero-order valence-corrected chi connectivity index (χ0v) is 13.6. The van der Waals surface area contributed by atoms with E-state index in [0.717, 1.165) is 5.56 Å². The molecular weight excluding hydrogens is 334 g/mol. The first kappa shape index (κ1) is 16.5. The molecule has 1 aliphatic heterocycles. The average molecular weight is 349 g/mol. The van der Waals surface area contributed by atoms with Crippen molar-refractivity contribution in [3.63, 3.8) is 0 Å². The van der Waals surface area contributed by atoms with Gasteiger partial charge in [-0.05, 0) is 35.6 Å². The van der Waals surface area contributed by atoms with Gasteiger partial charge in [0.25, 0.3) is 0 Å². The van der Waals surface area contributed by atoms with E-state index in [-0.39, 0.29) is 42.5 Å². The van der Waals surface area contributed by atoms with Crippen molar-refractivity contribution < 1.29 is 24.0 Å². The van der Waals surface area contributed by atoms with Gasteiger partial charge in [0.15, 0.2) is 11.5 Å². The van der Waals surface area contributed by atoms with Crippen LogP contribution in [-0.2, 0) is 14.2 Å². The van der Waals surface area contributed by atoms with Crippen LogP contribution in [0.15, 0.2) is 24.4 Å². The highest BCUT2D eigenvalue weighted by Crippen LogP contribution is 2.35. The molecule has 7 nitrogen and oxygen atoms in total. The topological polar surface area (TPSA) is 90.8 Å². The molecule has 24 heavy (non-hydrogen) atoms. The van der Waals surface area contributed by atoms with Gasteiger partial charge in [0, 0.05) is 12.3 Å². The minimum absolute atomic E-state index is 0.0472. The molecule has 0 fully saturated rings. The highest BCUT2D eigenvalue weighted by atomic mass is 35.5. The van der Waals surface area contributed by atoms with Crippen molar-refractivity contribution in [2.24, 2.45) is 0 Å². The molecule has 3 rings (SSSR count). The first-order chi connectivity index (χ1) is 11.6. The zero-order chi connectivity index (χ0) is 17.1. The molecule has 1 aromatic heterocycles. The molecule has 1 aliphatic rings. The predicted octanol–water partition coefficient (Wildman–Crippen LogP) is 1.63. The van der Waals surface area contributed by atoms with Gasteiger partial charge in [-0.25, -0.2) is 4.98 Å². The molecule has 1 aromatic carbocycles. The van der Waals surface area contributed by atoms with Gasteiger partial charge in [-0.2, -0.15) is 4.98 Å². The van der Waals surface area contributed by atoms with E-state index < -0.39 is 6.10 Å².